The van der Waals surface area contributed by atoms with Crippen molar-refractivity contribution in [1.82, 2.24) is 15.5 Å². The third kappa shape index (κ3) is 4.75. The monoisotopic (exact) mass is 377 g/mol. The first-order chi connectivity index (χ1) is 12.3. The summed E-state index contributed by atoms with van der Waals surface area (Å²) in [5, 5.41) is 12.0. The van der Waals surface area contributed by atoms with Crippen molar-refractivity contribution in [3.63, 3.8) is 0 Å². The van der Waals surface area contributed by atoms with Crippen molar-refractivity contribution in [3.05, 3.63) is 35.2 Å². The number of nitrogens with zero attached hydrogens (tertiary/aromatic N) is 2. The molecule has 1 aliphatic carbocycles. The number of benzene rings is 1. The molecule has 1 fully saturated rings. The Kier molecular flexibility index (Phi) is 5.51. The fourth-order valence-electron chi connectivity index (χ4n) is 3.18. The molecule has 0 radical (unpaired) electrons. The lowest BCUT2D eigenvalue weighted by atomic mass is 9.84. The van der Waals surface area contributed by atoms with Crippen molar-refractivity contribution in [3.8, 4) is 11.5 Å². The number of nitrogens with one attached hydrogen (secondary N) is 1. The molecule has 7 heteroatoms. The normalized spacial score (nSPS) is 20.6. The predicted octanol–water partition coefficient (Wildman–Crippen LogP) is 4.94. The SMILES string of the molecule is CC(C)(C)OC(=O)N[C@@H]1CCCC[C@H]1c1nnc(-c2cccc(Cl)c2)o1. The summed E-state index contributed by atoms with van der Waals surface area (Å²) in [7, 11) is 0. The molecule has 0 spiro atoms. The smallest absolute Gasteiger partial charge is 0.407 e. The Morgan fingerprint density at radius 1 is 1.27 bits per heavy atom. The number of hydrogen-bond acceptors (Lipinski definition) is 5. The van der Waals surface area contributed by atoms with Crippen LogP contribution in [0.5, 0.6) is 0 Å². The molecule has 2 aromatic rings. The molecular weight excluding hydrogens is 354 g/mol. The van der Waals surface area contributed by atoms with Crippen LogP contribution in [0.3, 0.4) is 0 Å². The van der Waals surface area contributed by atoms with Gasteiger partial charge in [0.15, 0.2) is 0 Å². The Hall–Kier alpha value is -2.08. The van der Waals surface area contributed by atoms with Crippen molar-refractivity contribution in [1.29, 1.82) is 0 Å². The second-order valence-corrected chi connectivity index (χ2v) is 8.04. The fraction of sp³-hybridized carbons (Fsp3) is 0.526. The molecule has 2 atom stereocenters. The van der Waals surface area contributed by atoms with Gasteiger partial charge in [-0.3, -0.25) is 0 Å². The maximum Gasteiger partial charge on any atom is 0.407 e. The highest BCUT2D eigenvalue weighted by Gasteiger charge is 2.33. The standard InChI is InChI=1S/C19H24ClN3O3/c1-19(2,3)26-18(24)21-15-10-5-4-9-14(15)17-23-22-16(25-17)12-7-6-8-13(20)11-12/h6-8,11,14-15H,4-5,9-10H2,1-3H3,(H,21,24)/t14-,15-/m1/s1. The number of carbonyl (C=O) groups is 1. The summed E-state index contributed by atoms with van der Waals surface area (Å²) >= 11 is 6.03. The highest BCUT2D eigenvalue weighted by atomic mass is 35.5. The van der Waals surface area contributed by atoms with E-state index in [-0.39, 0.29) is 12.0 Å². The largest absolute Gasteiger partial charge is 0.444 e. The van der Waals surface area contributed by atoms with E-state index in [1.807, 2.05) is 32.9 Å². The van der Waals surface area contributed by atoms with Crippen LogP contribution >= 0.6 is 11.6 Å². The maximum absolute atomic E-state index is 12.2. The molecule has 1 aromatic carbocycles. The topological polar surface area (TPSA) is 77.2 Å². The minimum absolute atomic E-state index is 0.0169. The fourth-order valence-corrected chi connectivity index (χ4v) is 3.37. The van der Waals surface area contributed by atoms with E-state index in [0.29, 0.717) is 16.8 Å². The van der Waals surface area contributed by atoms with Crippen molar-refractivity contribution in [2.75, 3.05) is 0 Å². The average Bonchev–Trinajstić information content (AvgIpc) is 3.03. The summed E-state index contributed by atoms with van der Waals surface area (Å²) in [6.45, 7) is 5.54. The average molecular weight is 378 g/mol. The molecule has 0 bridgehead atoms. The highest BCUT2D eigenvalue weighted by Crippen LogP contribution is 2.34. The van der Waals surface area contributed by atoms with Crippen LogP contribution in [0.15, 0.2) is 28.7 Å². The van der Waals surface area contributed by atoms with Gasteiger partial charge in [0.2, 0.25) is 11.8 Å². The molecule has 0 unspecified atom stereocenters. The number of amides is 1. The summed E-state index contributed by atoms with van der Waals surface area (Å²) < 4.78 is 11.3. The van der Waals surface area contributed by atoms with E-state index >= 15 is 0 Å². The van der Waals surface area contributed by atoms with Crippen LogP contribution in [0.1, 0.15) is 58.3 Å². The third-order valence-corrected chi connectivity index (χ3v) is 4.53. The van der Waals surface area contributed by atoms with E-state index < -0.39 is 11.7 Å². The number of rotatable bonds is 3. The van der Waals surface area contributed by atoms with Gasteiger partial charge in [-0.05, 0) is 51.8 Å². The van der Waals surface area contributed by atoms with Gasteiger partial charge in [-0.25, -0.2) is 4.79 Å². The van der Waals surface area contributed by atoms with E-state index in [9.17, 15) is 4.79 Å². The molecule has 0 saturated heterocycles. The maximum atomic E-state index is 12.2. The Bertz CT molecular complexity index is 769. The zero-order chi connectivity index (χ0) is 18.7. The molecular formula is C19H24ClN3O3. The third-order valence-electron chi connectivity index (χ3n) is 4.30. The van der Waals surface area contributed by atoms with E-state index in [2.05, 4.69) is 15.5 Å². The molecule has 1 heterocycles. The van der Waals surface area contributed by atoms with Crippen LogP contribution in [0.4, 0.5) is 4.79 Å². The van der Waals surface area contributed by atoms with Gasteiger partial charge in [-0.2, -0.15) is 0 Å². The van der Waals surface area contributed by atoms with Gasteiger partial charge in [0.05, 0.1) is 5.92 Å². The highest BCUT2D eigenvalue weighted by molar-refractivity contribution is 6.30. The molecule has 1 aliphatic rings. The summed E-state index contributed by atoms with van der Waals surface area (Å²) in [4.78, 5) is 12.2. The Morgan fingerprint density at radius 2 is 2.04 bits per heavy atom. The van der Waals surface area contributed by atoms with Gasteiger partial charge in [-0.15, -0.1) is 10.2 Å². The van der Waals surface area contributed by atoms with Crippen LogP contribution < -0.4 is 5.32 Å². The molecule has 1 aromatic heterocycles. The van der Waals surface area contributed by atoms with Gasteiger partial charge in [-0.1, -0.05) is 30.5 Å². The zero-order valence-corrected chi connectivity index (χ0v) is 16.0. The number of hydrogen-bond donors (Lipinski definition) is 1. The predicted molar refractivity (Wildman–Crippen MR) is 99.1 cm³/mol. The first-order valence-electron chi connectivity index (χ1n) is 8.91. The van der Waals surface area contributed by atoms with Crippen LogP contribution in [0.2, 0.25) is 5.02 Å². The van der Waals surface area contributed by atoms with E-state index in [0.717, 1.165) is 31.2 Å². The minimum atomic E-state index is -0.529. The van der Waals surface area contributed by atoms with E-state index in [1.54, 1.807) is 12.1 Å². The van der Waals surface area contributed by atoms with Crippen molar-refractivity contribution in [2.45, 2.75) is 64.0 Å². The lowest BCUT2D eigenvalue weighted by Gasteiger charge is -2.30. The summed E-state index contributed by atoms with van der Waals surface area (Å²) in [6.07, 6.45) is 3.44. The van der Waals surface area contributed by atoms with Gasteiger partial charge >= 0.3 is 6.09 Å². The Morgan fingerprint density at radius 3 is 2.77 bits per heavy atom. The van der Waals surface area contributed by atoms with Gasteiger partial charge in [0, 0.05) is 16.6 Å². The van der Waals surface area contributed by atoms with Crippen LogP contribution in [0, 0.1) is 0 Å². The minimum Gasteiger partial charge on any atom is -0.444 e. The number of aromatic nitrogens is 2. The molecule has 26 heavy (non-hydrogen) atoms. The summed E-state index contributed by atoms with van der Waals surface area (Å²) in [5.74, 6) is 0.960. The summed E-state index contributed by atoms with van der Waals surface area (Å²) in [5.41, 5.74) is 0.252. The quantitative estimate of drug-likeness (QED) is 0.819. The van der Waals surface area contributed by atoms with Crippen molar-refractivity contribution >= 4 is 17.7 Å². The van der Waals surface area contributed by atoms with Gasteiger partial charge in [0.1, 0.15) is 5.60 Å². The Labute approximate surface area is 158 Å². The van der Waals surface area contributed by atoms with Gasteiger partial charge < -0.3 is 14.5 Å². The molecule has 0 aliphatic heterocycles. The molecule has 1 N–H and O–H groups in total. The first kappa shape index (κ1) is 18.7. The number of halogens is 1. The number of alkyl carbamates (subject to hydrolysis) is 1. The number of carbonyl (C=O) groups excluding carboxylic acids is 1. The lowest BCUT2D eigenvalue weighted by Crippen LogP contribution is -2.43. The second-order valence-electron chi connectivity index (χ2n) is 7.60. The van der Waals surface area contributed by atoms with E-state index in [1.165, 1.54) is 0 Å². The summed E-state index contributed by atoms with van der Waals surface area (Å²) in [6, 6.07) is 7.22. The molecule has 1 amide bonds. The van der Waals surface area contributed by atoms with Crippen LogP contribution in [0.25, 0.3) is 11.5 Å². The Balaban J connectivity index is 1.75. The zero-order valence-electron chi connectivity index (χ0n) is 15.3. The molecule has 140 valence electrons. The number of ether oxygens (including phenoxy) is 1. The second kappa shape index (κ2) is 7.66. The molecule has 6 nitrogen and oxygen atoms in total. The van der Waals surface area contributed by atoms with Crippen molar-refractivity contribution in [2.24, 2.45) is 0 Å². The van der Waals surface area contributed by atoms with Crippen molar-refractivity contribution < 1.29 is 13.9 Å². The molecule has 1 saturated carbocycles. The van der Waals surface area contributed by atoms with Crippen LogP contribution in [-0.2, 0) is 4.74 Å². The first-order valence-corrected chi connectivity index (χ1v) is 9.28. The molecule has 3 rings (SSSR count). The lowest BCUT2D eigenvalue weighted by molar-refractivity contribution is 0.0481. The van der Waals surface area contributed by atoms with Gasteiger partial charge in [0.25, 0.3) is 0 Å². The van der Waals surface area contributed by atoms with E-state index in [4.69, 9.17) is 20.8 Å². The van der Waals surface area contributed by atoms with Crippen LogP contribution in [-0.4, -0.2) is 27.9 Å².